The third-order valence-corrected chi connectivity index (χ3v) is 1.16. The van der Waals surface area contributed by atoms with Gasteiger partial charge in [0.05, 0.1) is 0 Å². The number of alkyl halides is 1. The van der Waals surface area contributed by atoms with Crippen LogP contribution in [-0.2, 0) is 14.3 Å². The first kappa shape index (κ1) is 10.2. The Labute approximate surface area is 68.1 Å². The third-order valence-electron chi connectivity index (χ3n) is 1.05. The zero-order valence-corrected chi connectivity index (χ0v) is 6.59. The van der Waals surface area contributed by atoms with Gasteiger partial charge in [-0.15, -0.1) is 0 Å². The molecular formula is C5H8ClNO4. The number of halogens is 1. The number of carbonyl (C=O) groups excluding carboxylic acids is 1. The summed E-state index contributed by atoms with van der Waals surface area (Å²) in [6.07, 6.45) is 0. The largest absolute Gasteiger partial charge is 0.479 e. The molecule has 6 heteroatoms. The van der Waals surface area contributed by atoms with Crippen LogP contribution in [-0.4, -0.2) is 28.7 Å². The number of esters is 1. The number of carboxylic acids is 1. The fourth-order valence-electron chi connectivity index (χ4n) is 0.287. The summed E-state index contributed by atoms with van der Waals surface area (Å²) in [5.41, 5.74) is 3.04. The summed E-state index contributed by atoms with van der Waals surface area (Å²) in [6, 6.07) is -0.404. The Kier molecular flexibility index (Phi) is 3.28. The summed E-state index contributed by atoms with van der Waals surface area (Å²) in [7, 11) is 0. The zero-order chi connectivity index (χ0) is 9.07. The predicted molar refractivity (Wildman–Crippen MR) is 37.0 cm³/mol. The molecular weight excluding hydrogens is 174 g/mol. The van der Waals surface area contributed by atoms with Crippen LogP contribution < -0.4 is 5.73 Å². The minimum atomic E-state index is -2.02. The van der Waals surface area contributed by atoms with Gasteiger partial charge in [0.25, 0.3) is 0 Å². The normalized spacial score (nSPS) is 15.2. The molecule has 0 saturated carbocycles. The molecule has 0 aliphatic carbocycles. The van der Waals surface area contributed by atoms with Crippen LogP contribution in [0.1, 0.15) is 6.92 Å². The Morgan fingerprint density at radius 3 is 2.45 bits per heavy atom. The molecule has 0 radical (unpaired) electrons. The molecule has 0 amide bonds. The lowest BCUT2D eigenvalue weighted by molar-refractivity contribution is -0.158. The maximum Gasteiger partial charge on any atom is 0.338 e. The summed E-state index contributed by atoms with van der Waals surface area (Å²) in [4.78, 5) is 21.0. The van der Waals surface area contributed by atoms with Crippen LogP contribution in [0.3, 0.4) is 0 Å². The molecule has 0 saturated heterocycles. The fourth-order valence-corrected chi connectivity index (χ4v) is 0.386. The van der Waals surface area contributed by atoms with Gasteiger partial charge < -0.3 is 15.6 Å². The van der Waals surface area contributed by atoms with E-state index < -0.39 is 23.5 Å². The van der Waals surface area contributed by atoms with Crippen molar-refractivity contribution in [2.45, 2.75) is 12.5 Å². The molecule has 0 bridgehead atoms. The molecule has 0 aromatic heterocycles. The Hall–Kier alpha value is -0.810. The molecule has 0 heterocycles. The molecule has 0 spiro atoms. The van der Waals surface area contributed by atoms with Crippen molar-refractivity contribution in [2.75, 3.05) is 6.07 Å². The SMILES string of the molecule is C[C@](N)(C(=O)O)C(=O)OCCl. The lowest BCUT2D eigenvalue weighted by atomic mass is 10.1. The molecule has 0 aliphatic rings. The maximum absolute atomic E-state index is 10.7. The molecule has 0 aromatic rings. The average molecular weight is 182 g/mol. The molecule has 0 unspecified atom stereocenters. The van der Waals surface area contributed by atoms with Crippen LogP contribution in [0.2, 0.25) is 0 Å². The van der Waals surface area contributed by atoms with Crippen LogP contribution in [0.25, 0.3) is 0 Å². The Morgan fingerprint density at radius 2 is 2.18 bits per heavy atom. The summed E-state index contributed by atoms with van der Waals surface area (Å²) >= 11 is 5.02. The fraction of sp³-hybridized carbons (Fsp3) is 0.600. The van der Waals surface area contributed by atoms with Gasteiger partial charge in [0.1, 0.15) is 0 Å². The highest BCUT2D eigenvalue weighted by molar-refractivity contribution is 6.18. The zero-order valence-electron chi connectivity index (χ0n) is 5.83. The quantitative estimate of drug-likeness (QED) is 0.349. The van der Waals surface area contributed by atoms with Crippen LogP contribution in [0, 0.1) is 0 Å². The number of hydrogen-bond acceptors (Lipinski definition) is 4. The highest BCUT2D eigenvalue weighted by Gasteiger charge is 2.38. The van der Waals surface area contributed by atoms with E-state index in [1.165, 1.54) is 0 Å². The number of ether oxygens (including phenoxy) is 1. The molecule has 0 fully saturated rings. The van der Waals surface area contributed by atoms with Crippen molar-refractivity contribution in [1.82, 2.24) is 0 Å². The number of rotatable bonds is 3. The maximum atomic E-state index is 10.7. The summed E-state index contributed by atoms with van der Waals surface area (Å²) in [6.45, 7) is 1.03. The second-order valence-electron chi connectivity index (χ2n) is 2.05. The van der Waals surface area contributed by atoms with Gasteiger partial charge in [-0.1, -0.05) is 11.6 Å². The van der Waals surface area contributed by atoms with Gasteiger partial charge in [-0.25, -0.2) is 9.59 Å². The lowest BCUT2D eigenvalue weighted by Gasteiger charge is -2.15. The molecule has 64 valence electrons. The van der Waals surface area contributed by atoms with E-state index in [4.69, 9.17) is 22.4 Å². The van der Waals surface area contributed by atoms with Gasteiger partial charge in [0.15, 0.2) is 6.07 Å². The summed E-state index contributed by atoms with van der Waals surface area (Å²) in [5.74, 6) is -2.51. The van der Waals surface area contributed by atoms with Crippen molar-refractivity contribution in [2.24, 2.45) is 5.73 Å². The molecule has 0 aliphatic heterocycles. The number of carbonyl (C=O) groups is 2. The van der Waals surface area contributed by atoms with E-state index in [1.807, 2.05) is 0 Å². The van der Waals surface area contributed by atoms with Crippen LogP contribution in [0.5, 0.6) is 0 Å². The average Bonchev–Trinajstić information content (AvgIpc) is 1.88. The van der Waals surface area contributed by atoms with E-state index in [1.54, 1.807) is 0 Å². The van der Waals surface area contributed by atoms with E-state index >= 15 is 0 Å². The molecule has 0 rings (SSSR count). The van der Waals surface area contributed by atoms with Crippen molar-refractivity contribution in [3.63, 3.8) is 0 Å². The Morgan fingerprint density at radius 1 is 1.73 bits per heavy atom. The van der Waals surface area contributed by atoms with Crippen molar-refractivity contribution in [3.8, 4) is 0 Å². The second-order valence-corrected chi connectivity index (χ2v) is 2.27. The predicted octanol–water partition coefficient (Wildman–Crippen LogP) is -0.472. The number of hydrogen-bond donors (Lipinski definition) is 2. The Bertz CT molecular complexity index is 179. The van der Waals surface area contributed by atoms with Gasteiger partial charge in [-0.3, -0.25) is 0 Å². The highest BCUT2D eigenvalue weighted by Crippen LogP contribution is 2.02. The smallest absolute Gasteiger partial charge is 0.338 e. The van der Waals surface area contributed by atoms with Gasteiger partial charge in [-0.2, -0.15) is 0 Å². The number of nitrogens with two attached hydrogens (primary N) is 1. The summed E-state index contributed by atoms with van der Waals surface area (Å²) < 4.78 is 4.19. The van der Waals surface area contributed by atoms with E-state index in [9.17, 15) is 9.59 Å². The second kappa shape index (κ2) is 3.54. The minimum Gasteiger partial charge on any atom is -0.479 e. The van der Waals surface area contributed by atoms with Gasteiger partial charge >= 0.3 is 11.9 Å². The molecule has 0 aromatic carbocycles. The van der Waals surface area contributed by atoms with E-state index in [-0.39, 0.29) is 0 Å². The van der Waals surface area contributed by atoms with E-state index in [2.05, 4.69) is 4.74 Å². The number of carboxylic acid groups (broad SMARTS) is 1. The summed E-state index contributed by atoms with van der Waals surface area (Å²) in [5, 5.41) is 8.37. The monoisotopic (exact) mass is 181 g/mol. The Balaban J connectivity index is 4.30. The molecule has 5 nitrogen and oxygen atoms in total. The molecule has 1 atom stereocenters. The lowest BCUT2D eigenvalue weighted by Crippen LogP contribution is -2.53. The van der Waals surface area contributed by atoms with Gasteiger partial charge in [0.2, 0.25) is 5.54 Å². The standard InChI is InChI=1S/C5H8ClNO4/c1-5(7,3(8)9)4(10)11-2-6/h2,7H2,1H3,(H,8,9)/t5-/m0/s1. The minimum absolute atomic E-state index is 0.404. The van der Waals surface area contributed by atoms with Crippen molar-refractivity contribution in [1.29, 1.82) is 0 Å². The molecule has 11 heavy (non-hydrogen) atoms. The number of aliphatic carboxylic acids is 1. The van der Waals surface area contributed by atoms with Crippen LogP contribution in [0.4, 0.5) is 0 Å². The third kappa shape index (κ3) is 2.36. The van der Waals surface area contributed by atoms with Crippen LogP contribution in [0.15, 0.2) is 0 Å². The molecule has 3 N–H and O–H groups in total. The van der Waals surface area contributed by atoms with Gasteiger partial charge in [-0.05, 0) is 6.92 Å². The highest BCUT2D eigenvalue weighted by atomic mass is 35.5. The first-order valence-corrected chi connectivity index (χ1v) is 3.22. The first-order valence-electron chi connectivity index (χ1n) is 2.68. The van der Waals surface area contributed by atoms with Gasteiger partial charge in [0, 0.05) is 0 Å². The van der Waals surface area contributed by atoms with E-state index in [0.717, 1.165) is 6.92 Å². The topological polar surface area (TPSA) is 89.6 Å². The van der Waals surface area contributed by atoms with Crippen molar-refractivity contribution >= 4 is 23.5 Å². The van der Waals surface area contributed by atoms with E-state index in [0.29, 0.717) is 0 Å². The first-order chi connectivity index (χ1) is 4.92. The van der Waals surface area contributed by atoms with Crippen molar-refractivity contribution < 1.29 is 19.4 Å². The van der Waals surface area contributed by atoms with Crippen molar-refractivity contribution in [3.05, 3.63) is 0 Å². The van der Waals surface area contributed by atoms with Crippen LogP contribution >= 0.6 is 11.6 Å².